The summed E-state index contributed by atoms with van der Waals surface area (Å²) in [5, 5.41) is 0. The third-order valence-electron chi connectivity index (χ3n) is 1.65. The van der Waals surface area contributed by atoms with Gasteiger partial charge in [-0.05, 0) is 6.07 Å². The molecule has 5 nitrogen and oxygen atoms in total. The van der Waals surface area contributed by atoms with Crippen LogP contribution in [-0.4, -0.2) is 22.5 Å². The molecule has 68 valence electrons. The molecule has 13 heavy (non-hydrogen) atoms. The molecular weight excluding hydrogens is 172 g/mol. The number of hydrogen-bond acceptors (Lipinski definition) is 3. The van der Waals surface area contributed by atoms with E-state index in [0.717, 1.165) is 0 Å². The Kier molecular flexibility index (Phi) is 2.27. The zero-order valence-corrected chi connectivity index (χ0v) is 6.98. The molecule has 0 aromatic carbocycles. The number of Topliss-reactive ketones (excluding diaryl/α,β-unsaturated/α-hetero) is 1. The number of ketones is 1. The molecule has 0 aliphatic carbocycles. The third-order valence-corrected chi connectivity index (χ3v) is 1.65. The van der Waals surface area contributed by atoms with Crippen molar-refractivity contribution in [3.05, 3.63) is 23.5 Å². The van der Waals surface area contributed by atoms with Crippen molar-refractivity contribution in [2.75, 3.05) is 0 Å². The zero-order valence-electron chi connectivity index (χ0n) is 6.98. The SMILES string of the molecule is Cn1cc(C(=O)C(N)=O)cc1C=O. The molecule has 0 fully saturated rings. The third kappa shape index (κ3) is 1.64. The van der Waals surface area contributed by atoms with Crippen LogP contribution in [0, 0.1) is 0 Å². The number of amides is 1. The maximum Gasteiger partial charge on any atom is 0.289 e. The predicted molar refractivity (Wildman–Crippen MR) is 44.3 cm³/mol. The molecule has 1 amide bonds. The molecule has 0 saturated carbocycles. The first kappa shape index (κ1) is 9.18. The fourth-order valence-corrected chi connectivity index (χ4v) is 0.965. The van der Waals surface area contributed by atoms with E-state index in [-0.39, 0.29) is 5.56 Å². The number of aldehydes is 1. The number of nitrogens with zero attached hydrogens (tertiary/aromatic N) is 1. The van der Waals surface area contributed by atoms with Crippen LogP contribution in [0.3, 0.4) is 0 Å². The summed E-state index contributed by atoms with van der Waals surface area (Å²) < 4.78 is 1.45. The van der Waals surface area contributed by atoms with Gasteiger partial charge in [0.05, 0.1) is 5.69 Å². The molecule has 0 saturated heterocycles. The lowest BCUT2D eigenvalue weighted by molar-refractivity contribution is -0.114. The number of aromatic nitrogens is 1. The van der Waals surface area contributed by atoms with Crippen LogP contribution in [-0.2, 0) is 11.8 Å². The van der Waals surface area contributed by atoms with Crippen LogP contribution in [0.4, 0.5) is 0 Å². The average molecular weight is 180 g/mol. The summed E-state index contributed by atoms with van der Waals surface area (Å²) in [7, 11) is 1.60. The van der Waals surface area contributed by atoms with Crippen LogP contribution < -0.4 is 5.73 Å². The summed E-state index contributed by atoms with van der Waals surface area (Å²) >= 11 is 0. The van der Waals surface area contributed by atoms with E-state index in [9.17, 15) is 14.4 Å². The Bertz CT molecular complexity index is 379. The van der Waals surface area contributed by atoms with E-state index in [0.29, 0.717) is 12.0 Å². The molecule has 0 unspecified atom stereocenters. The number of carbonyl (C=O) groups excluding carboxylic acids is 3. The van der Waals surface area contributed by atoms with Crippen molar-refractivity contribution >= 4 is 18.0 Å². The summed E-state index contributed by atoms with van der Waals surface area (Å²) in [5.41, 5.74) is 5.24. The van der Waals surface area contributed by atoms with Crippen molar-refractivity contribution in [3.63, 3.8) is 0 Å². The predicted octanol–water partition coefficient (Wildman–Crippen LogP) is -0.494. The van der Waals surface area contributed by atoms with Crippen LogP contribution in [0.15, 0.2) is 12.3 Å². The van der Waals surface area contributed by atoms with Crippen molar-refractivity contribution in [3.8, 4) is 0 Å². The van der Waals surface area contributed by atoms with Crippen molar-refractivity contribution in [2.24, 2.45) is 12.8 Å². The Labute approximate surface area is 74.1 Å². The topological polar surface area (TPSA) is 82.2 Å². The quantitative estimate of drug-likeness (QED) is 0.387. The molecule has 1 rings (SSSR count). The van der Waals surface area contributed by atoms with Gasteiger partial charge in [0.2, 0.25) is 0 Å². The van der Waals surface area contributed by atoms with Gasteiger partial charge in [-0.2, -0.15) is 0 Å². The second-order valence-electron chi connectivity index (χ2n) is 2.58. The first-order valence-electron chi connectivity index (χ1n) is 3.52. The van der Waals surface area contributed by atoms with E-state index in [1.165, 1.54) is 16.8 Å². The minimum atomic E-state index is -1.02. The second kappa shape index (κ2) is 3.22. The van der Waals surface area contributed by atoms with Crippen LogP contribution >= 0.6 is 0 Å². The molecule has 0 bridgehead atoms. The van der Waals surface area contributed by atoms with Crippen molar-refractivity contribution in [1.82, 2.24) is 4.57 Å². The molecule has 1 heterocycles. The first-order chi connectivity index (χ1) is 6.06. The summed E-state index contributed by atoms with van der Waals surface area (Å²) in [5.74, 6) is -1.81. The second-order valence-corrected chi connectivity index (χ2v) is 2.58. The summed E-state index contributed by atoms with van der Waals surface area (Å²) in [6, 6.07) is 1.32. The smallest absolute Gasteiger partial charge is 0.289 e. The van der Waals surface area contributed by atoms with Gasteiger partial charge in [-0.25, -0.2) is 0 Å². The van der Waals surface area contributed by atoms with Crippen molar-refractivity contribution in [1.29, 1.82) is 0 Å². The molecule has 1 aromatic rings. The summed E-state index contributed by atoms with van der Waals surface area (Å²) in [6.45, 7) is 0. The Morgan fingerprint density at radius 2 is 2.15 bits per heavy atom. The first-order valence-corrected chi connectivity index (χ1v) is 3.52. The van der Waals surface area contributed by atoms with Gasteiger partial charge >= 0.3 is 0 Å². The Balaban J connectivity index is 3.10. The molecular formula is C8H8N2O3. The van der Waals surface area contributed by atoms with Gasteiger partial charge in [-0.3, -0.25) is 14.4 Å². The molecule has 0 aliphatic heterocycles. The summed E-state index contributed by atoms with van der Waals surface area (Å²) in [6.07, 6.45) is 1.98. The highest BCUT2D eigenvalue weighted by Crippen LogP contribution is 2.05. The highest BCUT2D eigenvalue weighted by molar-refractivity contribution is 6.42. The number of primary amides is 1. The molecule has 5 heteroatoms. The van der Waals surface area contributed by atoms with Crippen LogP contribution in [0.25, 0.3) is 0 Å². The minimum Gasteiger partial charge on any atom is -0.363 e. The monoisotopic (exact) mass is 180 g/mol. The Hall–Kier alpha value is -1.91. The van der Waals surface area contributed by atoms with Crippen LogP contribution in [0.5, 0.6) is 0 Å². The van der Waals surface area contributed by atoms with Gasteiger partial charge in [-0.1, -0.05) is 0 Å². The van der Waals surface area contributed by atoms with E-state index in [1.807, 2.05) is 0 Å². The zero-order chi connectivity index (χ0) is 10.0. The highest BCUT2D eigenvalue weighted by atomic mass is 16.2. The number of carbonyl (C=O) groups is 3. The molecule has 0 spiro atoms. The molecule has 0 aliphatic rings. The van der Waals surface area contributed by atoms with Crippen molar-refractivity contribution < 1.29 is 14.4 Å². The van der Waals surface area contributed by atoms with Gasteiger partial charge in [0.1, 0.15) is 0 Å². The van der Waals surface area contributed by atoms with E-state index in [1.54, 1.807) is 7.05 Å². The molecule has 2 N–H and O–H groups in total. The number of rotatable bonds is 3. The molecule has 0 atom stereocenters. The van der Waals surface area contributed by atoms with Gasteiger partial charge in [0.15, 0.2) is 6.29 Å². The van der Waals surface area contributed by atoms with E-state index in [2.05, 4.69) is 0 Å². The molecule has 1 aromatic heterocycles. The maximum absolute atomic E-state index is 11.0. The lowest BCUT2D eigenvalue weighted by atomic mass is 10.2. The lowest BCUT2D eigenvalue weighted by Gasteiger charge is -1.89. The van der Waals surface area contributed by atoms with Crippen molar-refractivity contribution in [2.45, 2.75) is 0 Å². The lowest BCUT2D eigenvalue weighted by Crippen LogP contribution is -2.22. The average Bonchev–Trinajstić information content (AvgIpc) is 2.45. The van der Waals surface area contributed by atoms with Gasteiger partial charge < -0.3 is 10.3 Å². The molecule has 0 radical (unpaired) electrons. The van der Waals surface area contributed by atoms with E-state index >= 15 is 0 Å². The standard InChI is InChI=1S/C8H8N2O3/c1-10-3-5(2-6(10)4-11)7(12)8(9)13/h2-4H,1H3,(H2,9,13). The van der Waals surface area contributed by atoms with E-state index in [4.69, 9.17) is 5.73 Å². The van der Waals surface area contributed by atoms with Gasteiger partial charge in [-0.15, -0.1) is 0 Å². The number of hydrogen-bond donors (Lipinski definition) is 1. The Morgan fingerprint density at radius 3 is 2.54 bits per heavy atom. The number of aryl methyl sites for hydroxylation is 1. The Morgan fingerprint density at radius 1 is 1.54 bits per heavy atom. The normalized spacial score (nSPS) is 9.62. The minimum absolute atomic E-state index is 0.136. The van der Waals surface area contributed by atoms with Crippen LogP contribution in [0.1, 0.15) is 20.8 Å². The fourth-order valence-electron chi connectivity index (χ4n) is 0.965. The maximum atomic E-state index is 11.0. The summed E-state index contributed by atoms with van der Waals surface area (Å²) in [4.78, 5) is 31.9. The largest absolute Gasteiger partial charge is 0.363 e. The van der Waals surface area contributed by atoms with Gasteiger partial charge in [0.25, 0.3) is 11.7 Å². The fraction of sp³-hybridized carbons (Fsp3) is 0.125. The van der Waals surface area contributed by atoms with Gasteiger partial charge in [0, 0.05) is 18.8 Å². The van der Waals surface area contributed by atoms with E-state index < -0.39 is 11.7 Å². The number of nitrogens with two attached hydrogens (primary N) is 1. The van der Waals surface area contributed by atoms with Crippen LogP contribution in [0.2, 0.25) is 0 Å². The highest BCUT2D eigenvalue weighted by Gasteiger charge is 2.14.